The predicted octanol–water partition coefficient (Wildman–Crippen LogP) is 5.33. The first-order valence-corrected chi connectivity index (χ1v) is 13.4. The molecule has 2 aliphatic heterocycles. The Kier molecular flexibility index (Phi) is 6.05. The Morgan fingerprint density at radius 2 is 1.64 bits per heavy atom. The van der Waals surface area contributed by atoms with Crippen molar-refractivity contribution in [2.45, 2.75) is 33.6 Å². The van der Waals surface area contributed by atoms with Gasteiger partial charge in [-0.15, -0.1) is 0 Å². The number of likely N-dealkylation sites (tertiary alicyclic amines) is 1. The average molecular weight is 478 g/mol. The number of anilines is 2. The lowest BCUT2D eigenvalue weighted by atomic mass is 9.99. The van der Waals surface area contributed by atoms with Crippen LogP contribution in [0.2, 0.25) is 0 Å². The van der Waals surface area contributed by atoms with Gasteiger partial charge in [0.2, 0.25) is 10.0 Å². The quantitative estimate of drug-likeness (QED) is 0.407. The van der Waals surface area contributed by atoms with Gasteiger partial charge in [0.25, 0.3) is 0 Å². The summed E-state index contributed by atoms with van der Waals surface area (Å²) in [5.41, 5.74) is 4.91. The number of para-hydroxylation sites is 1. The Morgan fingerprint density at radius 1 is 0.970 bits per heavy atom. The van der Waals surface area contributed by atoms with E-state index >= 15 is 0 Å². The lowest BCUT2D eigenvalue weighted by Gasteiger charge is -2.29. The highest BCUT2D eigenvalue weighted by atomic mass is 32.2. The van der Waals surface area contributed by atoms with Crippen molar-refractivity contribution in [3.05, 3.63) is 84.4 Å². The summed E-state index contributed by atoms with van der Waals surface area (Å²) in [6.07, 6.45) is 1.67. The monoisotopic (exact) mass is 477 g/mol. The molecule has 0 aliphatic carbocycles. The van der Waals surface area contributed by atoms with Crippen LogP contribution in [0.1, 0.15) is 24.0 Å². The summed E-state index contributed by atoms with van der Waals surface area (Å²) in [5, 5.41) is 3.51. The van der Waals surface area contributed by atoms with Gasteiger partial charge >= 0.3 is 0 Å². The van der Waals surface area contributed by atoms with Crippen LogP contribution in [0.15, 0.2) is 88.0 Å². The SMILES string of the molecule is C=C(c1ccc(S(=O)(=O)NC2CCN(C)CC2)cc1)c1ccc2c(c1)Nc1ccccc1S2. The van der Waals surface area contributed by atoms with E-state index < -0.39 is 10.0 Å². The van der Waals surface area contributed by atoms with Crippen LogP contribution in [0, 0.1) is 0 Å². The molecule has 33 heavy (non-hydrogen) atoms. The molecule has 0 amide bonds. The predicted molar refractivity (Wildman–Crippen MR) is 136 cm³/mol. The van der Waals surface area contributed by atoms with Crippen molar-refractivity contribution in [2.24, 2.45) is 0 Å². The van der Waals surface area contributed by atoms with Crippen LogP contribution in [0.4, 0.5) is 11.4 Å². The van der Waals surface area contributed by atoms with Gasteiger partial charge < -0.3 is 10.2 Å². The highest BCUT2D eigenvalue weighted by Crippen LogP contribution is 2.44. The first-order valence-electron chi connectivity index (χ1n) is 11.1. The molecule has 3 aromatic rings. The minimum Gasteiger partial charge on any atom is -0.354 e. The summed E-state index contributed by atoms with van der Waals surface area (Å²) >= 11 is 1.75. The van der Waals surface area contributed by atoms with E-state index in [0.717, 1.165) is 54.0 Å². The topological polar surface area (TPSA) is 61.4 Å². The molecule has 1 saturated heterocycles. The second-order valence-corrected chi connectivity index (χ2v) is 11.4. The minimum atomic E-state index is -3.54. The van der Waals surface area contributed by atoms with Gasteiger partial charge in [0.05, 0.1) is 16.3 Å². The molecule has 0 bridgehead atoms. The Balaban J connectivity index is 1.31. The second kappa shape index (κ2) is 8.99. The summed E-state index contributed by atoms with van der Waals surface area (Å²) in [6.45, 7) is 6.09. The molecule has 3 aromatic carbocycles. The molecule has 5 nitrogen and oxygen atoms in total. The number of benzene rings is 3. The van der Waals surface area contributed by atoms with E-state index in [1.807, 2.05) is 24.3 Å². The number of rotatable bonds is 5. The summed E-state index contributed by atoms with van der Waals surface area (Å²) in [5.74, 6) is 0. The number of hydrogen-bond donors (Lipinski definition) is 2. The van der Waals surface area contributed by atoms with Crippen LogP contribution in [-0.2, 0) is 10.0 Å². The van der Waals surface area contributed by atoms with Crippen LogP contribution in [0.25, 0.3) is 5.57 Å². The van der Waals surface area contributed by atoms with Crippen molar-refractivity contribution in [1.29, 1.82) is 0 Å². The van der Waals surface area contributed by atoms with Crippen molar-refractivity contribution >= 4 is 38.7 Å². The first kappa shape index (κ1) is 22.2. The number of sulfonamides is 1. The van der Waals surface area contributed by atoms with Gasteiger partial charge in [0.1, 0.15) is 0 Å². The molecule has 0 spiro atoms. The van der Waals surface area contributed by atoms with Crippen molar-refractivity contribution in [3.8, 4) is 0 Å². The number of piperidine rings is 1. The maximum atomic E-state index is 12.8. The fraction of sp³-hybridized carbons (Fsp3) is 0.231. The highest BCUT2D eigenvalue weighted by molar-refractivity contribution is 7.99. The normalized spacial score (nSPS) is 16.5. The van der Waals surface area contributed by atoms with Gasteiger partial charge in [-0.2, -0.15) is 0 Å². The van der Waals surface area contributed by atoms with Crippen LogP contribution < -0.4 is 10.0 Å². The summed E-state index contributed by atoms with van der Waals surface area (Å²) in [7, 11) is -1.47. The zero-order valence-corrected chi connectivity index (χ0v) is 20.2. The van der Waals surface area contributed by atoms with E-state index in [0.29, 0.717) is 0 Å². The number of fused-ring (bicyclic) bond motifs is 2. The fourth-order valence-electron chi connectivity index (χ4n) is 4.24. The summed E-state index contributed by atoms with van der Waals surface area (Å²) in [4.78, 5) is 4.89. The minimum absolute atomic E-state index is 0.00756. The van der Waals surface area contributed by atoms with Gasteiger partial charge in [-0.1, -0.05) is 48.7 Å². The van der Waals surface area contributed by atoms with Crippen LogP contribution in [-0.4, -0.2) is 39.5 Å². The van der Waals surface area contributed by atoms with E-state index in [-0.39, 0.29) is 10.9 Å². The molecule has 0 saturated carbocycles. The van der Waals surface area contributed by atoms with Crippen LogP contribution in [0.3, 0.4) is 0 Å². The smallest absolute Gasteiger partial charge is 0.240 e. The molecule has 0 aromatic heterocycles. The number of nitrogens with one attached hydrogen (secondary N) is 2. The first-order chi connectivity index (χ1) is 15.9. The van der Waals surface area contributed by atoms with E-state index in [2.05, 4.69) is 58.9 Å². The Morgan fingerprint density at radius 3 is 2.39 bits per heavy atom. The molecule has 2 aliphatic rings. The molecule has 2 N–H and O–H groups in total. The molecular formula is C26H27N3O2S2. The second-order valence-electron chi connectivity index (χ2n) is 8.64. The molecule has 0 radical (unpaired) electrons. The third-order valence-electron chi connectivity index (χ3n) is 6.26. The van der Waals surface area contributed by atoms with Crippen molar-refractivity contribution < 1.29 is 8.42 Å². The Labute approximate surface area is 200 Å². The number of hydrogen-bond acceptors (Lipinski definition) is 5. The standard InChI is InChI=1S/C26H27N3O2S2/c1-18(20-9-12-26-24(17-20)27-23-5-3-4-6-25(23)32-26)19-7-10-22(11-8-19)33(30,31)28-21-13-15-29(2)16-14-21/h3-12,17,21,27-28H,1,13-16H2,2H3. The molecule has 7 heteroatoms. The van der Waals surface area contributed by atoms with E-state index in [4.69, 9.17) is 0 Å². The van der Waals surface area contributed by atoms with Crippen molar-refractivity contribution in [2.75, 3.05) is 25.5 Å². The van der Waals surface area contributed by atoms with Gasteiger partial charge in [-0.25, -0.2) is 13.1 Å². The van der Waals surface area contributed by atoms with E-state index in [1.165, 1.54) is 9.79 Å². The van der Waals surface area contributed by atoms with Crippen LogP contribution in [0.5, 0.6) is 0 Å². The van der Waals surface area contributed by atoms with E-state index in [9.17, 15) is 8.42 Å². The van der Waals surface area contributed by atoms with Gasteiger partial charge in [-0.3, -0.25) is 0 Å². The molecular weight excluding hydrogens is 450 g/mol. The zero-order chi connectivity index (χ0) is 23.0. The average Bonchev–Trinajstić information content (AvgIpc) is 2.83. The lowest BCUT2D eigenvalue weighted by Crippen LogP contribution is -2.43. The molecule has 0 unspecified atom stereocenters. The van der Waals surface area contributed by atoms with Crippen LogP contribution >= 0.6 is 11.8 Å². The number of nitrogens with zero attached hydrogens (tertiary/aromatic N) is 1. The Hall–Kier alpha value is -2.58. The highest BCUT2D eigenvalue weighted by Gasteiger charge is 2.23. The van der Waals surface area contributed by atoms with Gasteiger partial charge in [0.15, 0.2) is 0 Å². The molecule has 2 heterocycles. The third kappa shape index (κ3) is 4.73. The summed E-state index contributed by atoms with van der Waals surface area (Å²) in [6, 6.07) is 21.5. The largest absolute Gasteiger partial charge is 0.354 e. The molecule has 1 fully saturated rings. The maximum absolute atomic E-state index is 12.8. The molecule has 5 rings (SSSR count). The van der Waals surface area contributed by atoms with Crippen molar-refractivity contribution in [3.63, 3.8) is 0 Å². The summed E-state index contributed by atoms with van der Waals surface area (Å²) < 4.78 is 28.5. The van der Waals surface area contributed by atoms with Gasteiger partial charge in [-0.05, 0) is 86.1 Å². The molecule has 0 atom stereocenters. The maximum Gasteiger partial charge on any atom is 0.240 e. The van der Waals surface area contributed by atoms with E-state index in [1.54, 1.807) is 23.9 Å². The third-order valence-corrected chi connectivity index (χ3v) is 8.95. The fourth-order valence-corrected chi connectivity index (χ4v) is 6.52. The zero-order valence-electron chi connectivity index (χ0n) is 18.5. The Bertz CT molecular complexity index is 1300. The molecule has 170 valence electrons. The lowest BCUT2D eigenvalue weighted by molar-refractivity contribution is 0.248. The van der Waals surface area contributed by atoms with Crippen molar-refractivity contribution in [1.82, 2.24) is 9.62 Å². The van der Waals surface area contributed by atoms with Gasteiger partial charge in [0, 0.05) is 15.8 Å².